The second kappa shape index (κ2) is 6.25. The summed E-state index contributed by atoms with van der Waals surface area (Å²) in [5, 5.41) is 22.5. The van der Waals surface area contributed by atoms with Gasteiger partial charge in [-0.2, -0.15) is 13.2 Å². The quantitative estimate of drug-likeness (QED) is 0.650. The number of halogens is 4. The average Bonchev–Trinajstić information content (AvgIpc) is 2.38. The van der Waals surface area contributed by atoms with Crippen molar-refractivity contribution in [3.05, 3.63) is 47.0 Å². The Balaban J connectivity index is 2.14. The molecule has 0 radical (unpaired) electrons. The fourth-order valence-corrected chi connectivity index (χ4v) is 2.01. The van der Waals surface area contributed by atoms with Crippen molar-refractivity contribution in [2.75, 3.05) is 10.6 Å². The Morgan fingerprint density at radius 3 is 2.09 bits per heavy atom. The molecule has 0 bridgehead atoms. The highest BCUT2D eigenvalue weighted by molar-refractivity contribution is 6.31. The van der Waals surface area contributed by atoms with Crippen LogP contribution in [-0.4, -0.2) is 16.2 Å². The Bertz CT molecular complexity index is 730. The molecule has 9 heteroatoms. The van der Waals surface area contributed by atoms with Crippen LogP contribution in [0.25, 0.3) is 0 Å². The number of phenolic OH excluding ortho intramolecular Hbond substituents is 2. The number of phenols is 2. The molecule has 0 saturated carbocycles. The average molecular weight is 347 g/mol. The lowest BCUT2D eigenvalue weighted by atomic mass is 10.2. The summed E-state index contributed by atoms with van der Waals surface area (Å²) in [6.45, 7) is 0. The van der Waals surface area contributed by atoms with Crippen LogP contribution in [-0.2, 0) is 6.18 Å². The fraction of sp³-hybridized carbons (Fsp3) is 0.0714. The monoisotopic (exact) mass is 346 g/mol. The number of anilines is 2. The van der Waals surface area contributed by atoms with Gasteiger partial charge in [-0.05, 0) is 18.2 Å². The zero-order valence-corrected chi connectivity index (χ0v) is 12.0. The molecule has 2 aromatic carbocycles. The molecular weight excluding hydrogens is 337 g/mol. The SMILES string of the molecule is O=C(Nc1cc(O)cc(O)c1)Nc1ccc(Cl)c(C(F)(F)F)c1. The van der Waals surface area contributed by atoms with Gasteiger partial charge in [0.25, 0.3) is 0 Å². The summed E-state index contributed by atoms with van der Waals surface area (Å²) >= 11 is 5.48. The zero-order chi connectivity index (χ0) is 17.2. The number of hydrogen-bond donors (Lipinski definition) is 4. The van der Waals surface area contributed by atoms with Gasteiger partial charge >= 0.3 is 12.2 Å². The maximum absolute atomic E-state index is 12.7. The predicted octanol–water partition coefficient (Wildman–Crippen LogP) is 4.41. The number of nitrogens with one attached hydrogen (secondary N) is 2. The van der Waals surface area contributed by atoms with Crippen LogP contribution in [0.4, 0.5) is 29.3 Å². The van der Waals surface area contributed by atoms with Crippen molar-refractivity contribution in [2.24, 2.45) is 0 Å². The van der Waals surface area contributed by atoms with E-state index in [9.17, 15) is 28.2 Å². The van der Waals surface area contributed by atoms with Gasteiger partial charge in [-0.15, -0.1) is 0 Å². The molecule has 2 aromatic rings. The molecule has 122 valence electrons. The van der Waals surface area contributed by atoms with E-state index in [4.69, 9.17) is 11.6 Å². The van der Waals surface area contributed by atoms with E-state index < -0.39 is 22.8 Å². The molecule has 2 rings (SSSR count). The molecule has 0 heterocycles. The first kappa shape index (κ1) is 16.8. The van der Waals surface area contributed by atoms with Gasteiger partial charge in [0.1, 0.15) is 11.5 Å². The topological polar surface area (TPSA) is 81.6 Å². The van der Waals surface area contributed by atoms with Crippen molar-refractivity contribution in [3.8, 4) is 11.5 Å². The second-order valence-corrected chi connectivity index (χ2v) is 4.92. The molecule has 0 atom stereocenters. The lowest BCUT2D eigenvalue weighted by molar-refractivity contribution is -0.137. The maximum Gasteiger partial charge on any atom is 0.417 e. The van der Waals surface area contributed by atoms with Gasteiger partial charge in [0, 0.05) is 29.6 Å². The van der Waals surface area contributed by atoms with Gasteiger partial charge in [-0.1, -0.05) is 11.6 Å². The molecule has 0 aliphatic rings. The van der Waals surface area contributed by atoms with Gasteiger partial charge in [0.2, 0.25) is 0 Å². The van der Waals surface area contributed by atoms with Crippen LogP contribution < -0.4 is 10.6 Å². The number of benzene rings is 2. The first-order chi connectivity index (χ1) is 10.6. The van der Waals surface area contributed by atoms with Crippen molar-refractivity contribution in [2.45, 2.75) is 6.18 Å². The highest BCUT2D eigenvalue weighted by Crippen LogP contribution is 2.36. The Hall–Kier alpha value is -2.61. The van der Waals surface area contributed by atoms with E-state index in [-0.39, 0.29) is 22.9 Å². The molecule has 0 unspecified atom stereocenters. The molecule has 0 saturated heterocycles. The molecule has 0 aliphatic carbocycles. The summed E-state index contributed by atoms with van der Waals surface area (Å²) in [6.07, 6.45) is -4.65. The number of hydrogen-bond acceptors (Lipinski definition) is 3. The fourth-order valence-electron chi connectivity index (χ4n) is 1.78. The molecule has 0 spiro atoms. The van der Waals surface area contributed by atoms with Crippen LogP contribution in [0.2, 0.25) is 5.02 Å². The number of alkyl halides is 3. The summed E-state index contributed by atoms with van der Waals surface area (Å²) in [6, 6.07) is 5.42. The van der Waals surface area contributed by atoms with Crippen molar-refractivity contribution >= 4 is 29.0 Å². The first-order valence-electron chi connectivity index (χ1n) is 6.13. The van der Waals surface area contributed by atoms with E-state index in [2.05, 4.69) is 10.6 Å². The second-order valence-electron chi connectivity index (χ2n) is 4.51. The molecular formula is C14H10ClF3N2O3. The summed E-state index contributed by atoms with van der Waals surface area (Å²) in [7, 11) is 0. The van der Waals surface area contributed by atoms with Crippen LogP contribution in [0, 0.1) is 0 Å². The number of carbonyl (C=O) groups is 1. The standard InChI is InChI=1S/C14H10ClF3N2O3/c15-12-2-1-7(5-11(12)14(16,17)18)19-13(23)20-8-3-9(21)6-10(22)4-8/h1-6,21-22H,(H2,19,20,23). The molecule has 2 amide bonds. The van der Waals surface area contributed by atoms with Crippen LogP contribution in [0.15, 0.2) is 36.4 Å². The van der Waals surface area contributed by atoms with E-state index in [0.29, 0.717) is 6.07 Å². The van der Waals surface area contributed by atoms with Gasteiger partial charge in [0.15, 0.2) is 0 Å². The number of urea groups is 1. The van der Waals surface area contributed by atoms with Crippen LogP contribution in [0.3, 0.4) is 0 Å². The van der Waals surface area contributed by atoms with Crippen molar-refractivity contribution < 1.29 is 28.2 Å². The molecule has 4 N–H and O–H groups in total. The molecule has 23 heavy (non-hydrogen) atoms. The summed E-state index contributed by atoms with van der Waals surface area (Å²) in [5.41, 5.74) is -1.14. The Labute approximate surface area is 133 Å². The largest absolute Gasteiger partial charge is 0.508 e. The van der Waals surface area contributed by atoms with Crippen LogP contribution >= 0.6 is 11.6 Å². The van der Waals surface area contributed by atoms with Gasteiger partial charge in [-0.3, -0.25) is 0 Å². The normalized spacial score (nSPS) is 11.1. The van der Waals surface area contributed by atoms with E-state index in [1.165, 1.54) is 6.07 Å². The Morgan fingerprint density at radius 2 is 1.52 bits per heavy atom. The third kappa shape index (κ3) is 4.43. The van der Waals surface area contributed by atoms with Crippen LogP contribution in [0.1, 0.15) is 5.56 Å². The predicted molar refractivity (Wildman–Crippen MR) is 78.9 cm³/mol. The summed E-state index contributed by atoms with van der Waals surface area (Å²) in [5.74, 6) is -0.572. The number of rotatable bonds is 2. The highest BCUT2D eigenvalue weighted by atomic mass is 35.5. The van der Waals surface area contributed by atoms with Crippen molar-refractivity contribution in [3.63, 3.8) is 0 Å². The molecule has 0 aromatic heterocycles. The van der Waals surface area contributed by atoms with E-state index in [1.807, 2.05) is 0 Å². The number of carbonyl (C=O) groups excluding carboxylic acids is 1. The summed E-state index contributed by atoms with van der Waals surface area (Å²) in [4.78, 5) is 11.8. The molecule has 0 aliphatic heterocycles. The molecule has 0 fully saturated rings. The van der Waals surface area contributed by atoms with Crippen LogP contribution in [0.5, 0.6) is 11.5 Å². The number of aromatic hydroxyl groups is 2. The van der Waals surface area contributed by atoms with E-state index >= 15 is 0 Å². The van der Waals surface area contributed by atoms with Crippen molar-refractivity contribution in [1.82, 2.24) is 0 Å². The lowest BCUT2D eigenvalue weighted by Crippen LogP contribution is -2.19. The third-order valence-corrected chi connectivity index (χ3v) is 3.02. The zero-order valence-electron chi connectivity index (χ0n) is 11.3. The Morgan fingerprint density at radius 1 is 0.957 bits per heavy atom. The smallest absolute Gasteiger partial charge is 0.417 e. The highest BCUT2D eigenvalue weighted by Gasteiger charge is 2.33. The van der Waals surface area contributed by atoms with Gasteiger partial charge < -0.3 is 20.8 Å². The lowest BCUT2D eigenvalue weighted by Gasteiger charge is -2.12. The van der Waals surface area contributed by atoms with Gasteiger partial charge in [0.05, 0.1) is 10.6 Å². The maximum atomic E-state index is 12.7. The molecule has 5 nitrogen and oxygen atoms in total. The third-order valence-electron chi connectivity index (χ3n) is 2.69. The minimum atomic E-state index is -4.65. The first-order valence-corrected chi connectivity index (χ1v) is 6.51. The van der Waals surface area contributed by atoms with Crippen molar-refractivity contribution in [1.29, 1.82) is 0 Å². The number of amides is 2. The minimum Gasteiger partial charge on any atom is -0.508 e. The minimum absolute atomic E-state index is 0.0602. The van der Waals surface area contributed by atoms with E-state index in [0.717, 1.165) is 24.3 Å². The van der Waals surface area contributed by atoms with Gasteiger partial charge in [-0.25, -0.2) is 4.79 Å². The summed E-state index contributed by atoms with van der Waals surface area (Å²) < 4.78 is 38.2. The van der Waals surface area contributed by atoms with E-state index in [1.54, 1.807) is 0 Å². The Kier molecular flexibility index (Phi) is 4.55.